The minimum Gasteiger partial charge on any atom is -0.494 e. The maximum absolute atomic E-state index is 7.80. The summed E-state index contributed by atoms with van der Waals surface area (Å²) in [7, 11) is 1.93. The molecule has 1 heterocycles. The van der Waals surface area contributed by atoms with Gasteiger partial charge in [0.25, 0.3) is 0 Å². The zero-order valence-electron chi connectivity index (χ0n) is 10.3. The molecule has 1 aromatic carbocycles. The van der Waals surface area contributed by atoms with Gasteiger partial charge >= 0.3 is 0 Å². The molecule has 0 spiro atoms. The molecule has 0 bridgehead atoms. The second-order valence-electron chi connectivity index (χ2n) is 3.83. The lowest BCUT2D eigenvalue weighted by Crippen LogP contribution is -2.08. The van der Waals surface area contributed by atoms with Crippen LogP contribution in [0.5, 0.6) is 5.75 Å². The van der Waals surface area contributed by atoms with E-state index in [9.17, 15) is 0 Å². The van der Waals surface area contributed by atoms with Crippen LogP contribution in [0.2, 0.25) is 0 Å². The van der Waals surface area contributed by atoms with Gasteiger partial charge in [0.2, 0.25) is 0 Å². The average molecular weight is 248 g/mol. The molecule has 2 rings (SSSR count). The largest absolute Gasteiger partial charge is 0.494 e. The average Bonchev–Trinajstić information content (AvgIpc) is 2.55. The van der Waals surface area contributed by atoms with E-state index < -0.39 is 0 Å². The van der Waals surface area contributed by atoms with Crippen molar-refractivity contribution in [1.29, 1.82) is 5.41 Å². The molecule has 4 heteroatoms. The Hall–Kier alpha value is -1.55. The van der Waals surface area contributed by atoms with Crippen LogP contribution in [0, 0.1) is 12.3 Å². The molecule has 0 atom stereocenters. The summed E-state index contributed by atoms with van der Waals surface area (Å²) < 4.78 is 7.33. The number of nitrogens with zero attached hydrogens (tertiary/aromatic N) is 1. The highest BCUT2D eigenvalue weighted by Crippen LogP contribution is 2.26. The Morgan fingerprint density at radius 1 is 1.29 bits per heavy atom. The van der Waals surface area contributed by atoms with E-state index in [0.717, 1.165) is 17.0 Å². The molecule has 0 aliphatic rings. The maximum Gasteiger partial charge on any atom is 0.182 e. The summed E-state index contributed by atoms with van der Waals surface area (Å²) in [4.78, 5) is 1.74. The van der Waals surface area contributed by atoms with E-state index in [1.165, 1.54) is 16.2 Å². The minimum atomic E-state index is 0.575. The molecule has 0 unspecified atom stereocenters. The number of nitrogens with one attached hydrogen (secondary N) is 1. The van der Waals surface area contributed by atoms with Gasteiger partial charge in [-0.1, -0.05) is 0 Å². The molecular formula is C13H16N2OS. The molecule has 0 saturated carbocycles. The highest BCUT2D eigenvalue weighted by molar-refractivity contribution is 7.09. The van der Waals surface area contributed by atoms with E-state index in [-0.39, 0.29) is 0 Å². The molecule has 3 nitrogen and oxygen atoms in total. The second-order valence-corrected chi connectivity index (χ2v) is 5.03. The lowest BCUT2D eigenvalue weighted by molar-refractivity contribution is 0.340. The number of aromatic nitrogens is 1. The lowest BCUT2D eigenvalue weighted by atomic mass is 10.1. The van der Waals surface area contributed by atoms with Gasteiger partial charge in [-0.25, -0.2) is 0 Å². The summed E-state index contributed by atoms with van der Waals surface area (Å²) >= 11 is 1.50. The molecule has 0 radical (unpaired) electrons. The van der Waals surface area contributed by atoms with E-state index in [4.69, 9.17) is 10.1 Å². The third kappa shape index (κ3) is 2.26. The predicted octanol–water partition coefficient (Wildman–Crippen LogP) is 2.94. The maximum atomic E-state index is 7.80. The van der Waals surface area contributed by atoms with Crippen LogP contribution in [0.3, 0.4) is 0 Å². The normalized spacial score (nSPS) is 10.5. The summed E-state index contributed by atoms with van der Waals surface area (Å²) in [5, 5.41) is 7.80. The smallest absolute Gasteiger partial charge is 0.182 e. The van der Waals surface area contributed by atoms with E-state index >= 15 is 0 Å². The van der Waals surface area contributed by atoms with E-state index in [1.54, 1.807) is 0 Å². The van der Waals surface area contributed by atoms with Gasteiger partial charge in [0, 0.05) is 11.9 Å². The SMILES string of the molecule is CCOc1ccc(-c2c(C)sc(=N)n2C)cc1. The van der Waals surface area contributed by atoms with Crippen LogP contribution in [0.25, 0.3) is 11.3 Å². The quantitative estimate of drug-likeness (QED) is 0.891. The molecular weight excluding hydrogens is 232 g/mol. The van der Waals surface area contributed by atoms with Gasteiger partial charge in [-0.15, -0.1) is 11.3 Å². The monoisotopic (exact) mass is 248 g/mol. The van der Waals surface area contributed by atoms with Crippen LogP contribution >= 0.6 is 11.3 Å². The van der Waals surface area contributed by atoms with Crippen molar-refractivity contribution in [3.8, 4) is 17.0 Å². The summed E-state index contributed by atoms with van der Waals surface area (Å²) in [5.41, 5.74) is 2.24. The van der Waals surface area contributed by atoms with Crippen LogP contribution in [-0.2, 0) is 7.05 Å². The first-order valence-corrected chi connectivity index (χ1v) is 6.39. The Bertz CT molecular complexity index is 566. The Balaban J connectivity index is 2.43. The van der Waals surface area contributed by atoms with Crippen LogP contribution in [-0.4, -0.2) is 11.2 Å². The zero-order chi connectivity index (χ0) is 12.4. The van der Waals surface area contributed by atoms with Gasteiger partial charge < -0.3 is 9.30 Å². The number of hydrogen-bond donors (Lipinski definition) is 1. The van der Waals surface area contributed by atoms with Gasteiger partial charge in [-0.2, -0.15) is 0 Å². The Kier molecular flexibility index (Phi) is 3.33. The first-order chi connectivity index (χ1) is 8.13. The van der Waals surface area contributed by atoms with Gasteiger partial charge in [0.15, 0.2) is 4.80 Å². The molecule has 0 aliphatic heterocycles. The minimum absolute atomic E-state index is 0.575. The molecule has 0 fully saturated rings. The Labute approximate surface area is 105 Å². The summed E-state index contributed by atoms with van der Waals surface area (Å²) in [5.74, 6) is 0.887. The van der Waals surface area contributed by atoms with E-state index in [1.807, 2.05) is 42.8 Å². The molecule has 2 aromatic rings. The van der Waals surface area contributed by atoms with Crippen molar-refractivity contribution >= 4 is 11.3 Å². The summed E-state index contributed by atoms with van der Waals surface area (Å²) in [6, 6.07) is 8.03. The van der Waals surface area contributed by atoms with Crippen molar-refractivity contribution in [2.75, 3.05) is 6.61 Å². The number of rotatable bonds is 3. The zero-order valence-corrected chi connectivity index (χ0v) is 11.1. The number of ether oxygens (including phenoxy) is 1. The predicted molar refractivity (Wildman–Crippen MR) is 70.5 cm³/mol. The molecule has 17 heavy (non-hydrogen) atoms. The molecule has 0 amide bonds. The van der Waals surface area contributed by atoms with Gasteiger partial charge in [-0.05, 0) is 43.7 Å². The first-order valence-electron chi connectivity index (χ1n) is 5.57. The van der Waals surface area contributed by atoms with Crippen LogP contribution in [0.4, 0.5) is 0 Å². The van der Waals surface area contributed by atoms with Crippen molar-refractivity contribution in [1.82, 2.24) is 4.57 Å². The molecule has 0 saturated heterocycles. The molecule has 1 aromatic heterocycles. The van der Waals surface area contributed by atoms with Crippen molar-refractivity contribution in [3.05, 3.63) is 33.9 Å². The van der Waals surface area contributed by atoms with Crippen molar-refractivity contribution < 1.29 is 4.74 Å². The molecule has 0 aliphatic carbocycles. The van der Waals surface area contributed by atoms with E-state index in [0.29, 0.717) is 11.4 Å². The lowest BCUT2D eigenvalue weighted by Gasteiger charge is -2.07. The third-order valence-corrected chi connectivity index (χ3v) is 3.63. The van der Waals surface area contributed by atoms with Crippen molar-refractivity contribution in [3.63, 3.8) is 0 Å². The Morgan fingerprint density at radius 2 is 1.94 bits per heavy atom. The topological polar surface area (TPSA) is 38.0 Å². The fourth-order valence-corrected chi connectivity index (χ4v) is 2.74. The molecule has 1 N–H and O–H groups in total. The van der Waals surface area contributed by atoms with Crippen molar-refractivity contribution in [2.24, 2.45) is 7.05 Å². The first kappa shape index (κ1) is 11.9. The second kappa shape index (κ2) is 4.75. The highest BCUT2D eigenvalue weighted by atomic mass is 32.1. The molecule has 90 valence electrons. The van der Waals surface area contributed by atoms with Gasteiger partial charge in [0.1, 0.15) is 5.75 Å². The Morgan fingerprint density at radius 3 is 2.41 bits per heavy atom. The standard InChI is InChI=1S/C13H16N2OS/c1-4-16-11-7-5-10(6-8-11)12-9(2)17-13(14)15(12)3/h5-8,14H,4H2,1-3H3. The number of hydrogen-bond acceptors (Lipinski definition) is 3. The fraction of sp³-hybridized carbons (Fsp3) is 0.308. The van der Waals surface area contributed by atoms with Crippen LogP contribution in [0.1, 0.15) is 11.8 Å². The van der Waals surface area contributed by atoms with E-state index in [2.05, 4.69) is 6.92 Å². The van der Waals surface area contributed by atoms with Gasteiger partial charge in [-0.3, -0.25) is 5.41 Å². The van der Waals surface area contributed by atoms with Crippen molar-refractivity contribution in [2.45, 2.75) is 13.8 Å². The highest BCUT2D eigenvalue weighted by Gasteiger charge is 2.08. The number of thiazole rings is 1. The van der Waals surface area contributed by atoms with Gasteiger partial charge in [0.05, 0.1) is 12.3 Å². The number of benzene rings is 1. The number of aryl methyl sites for hydroxylation is 1. The van der Waals surface area contributed by atoms with Crippen LogP contribution < -0.4 is 9.54 Å². The summed E-state index contributed by atoms with van der Waals surface area (Å²) in [6.45, 7) is 4.71. The summed E-state index contributed by atoms with van der Waals surface area (Å²) in [6.07, 6.45) is 0. The fourth-order valence-electron chi connectivity index (χ4n) is 1.87. The van der Waals surface area contributed by atoms with Crippen LogP contribution in [0.15, 0.2) is 24.3 Å². The third-order valence-electron chi connectivity index (χ3n) is 2.66.